The van der Waals surface area contributed by atoms with E-state index in [1.54, 1.807) is 11.8 Å². The molecule has 0 aromatic rings. The van der Waals surface area contributed by atoms with Crippen molar-refractivity contribution in [2.75, 3.05) is 12.0 Å². The van der Waals surface area contributed by atoms with Crippen LogP contribution in [-0.4, -0.2) is 40.7 Å². The van der Waals surface area contributed by atoms with Gasteiger partial charge in [-0.15, -0.1) is 0 Å². The van der Waals surface area contributed by atoms with E-state index in [4.69, 9.17) is 10.8 Å². The lowest BCUT2D eigenvalue weighted by Crippen LogP contribution is -2.30. The number of carboxylic acid groups (broad SMARTS) is 1. The molecule has 0 aromatic heterocycles. The molecule has 0 rings (SSSR count). The normalized spacial score (nSPS) is 11.0. The number of Topliss-reactive ketones (excluding diaryl/α,β-unsaturated/α-hetero) is 2. The molecule has 0 saturated carbocycles. The molecule has 0 aliphatic rings. The summed E-state index contributed by atoms with van der Waals surface area (Å²) in [6.07, 6.45) is 2.56. The fraction of sp³-hybridized carbons (Fsp3) is 0.700. The summed E-state index contributed by atoms with van der Waals surface area (Å²) >= 11 is 1.60. The highest BCUT2D eigenvalue weighted by Crippen LogP contribution is 1.97. The first kappa shape index (κ1) is 17.5. The van der Waals surface area contributed by atoms with Crippen LogP contribution in [-0.2, 0) is 14.4 Å². The summed E-state index contributed by atoms with van der Waals surface area (Å²) in [7, 11) is 0. The lowest BCUT2D eigenvalue weighted by molar-refractivity contribution is -0.138. The molecule has 3 N–H and O–H groups in total. The number of hydrogen-bond donors (Lipinski definition) is 2. The fourth-order valence-corrected chi connectivity index (χ4v) is 1.21. The van der Waals surface area contributed by atoms with Gasteiger partial charge in [-0.3, -0.25) is 14.4 Å². The van der Waals surface area contributed by atoms with Gasteiger partial charge in [0.25, 0.3) is 0 Å². The summed E-state index contributed by atoms with van der Waals surface area (Å²) in [6.45, 7) is 2.81. The van der Waals surface area contributed by atoms with E-state index in [0.717, 1.165) is 5.75 Å². The Balaban J connectivity index is 0. The molecule has 1 atom stereocenters. The van der Waals surface area contributed by atoms with E-state index in [2.05, 4.69) is 0 Å². The number of aliphatic carboxylic acids is 1. The molecular weight excluding hydrogens is 230 g/mol. The zero-order valence-electron chi connectivity index (χ0n) is 9.86. The van der Waals surface area contributed by atoms with Crippen molar-refractivity contribution in [3.05, 3.63) is 0 Å². The van der Waals surface area contributed by atoms with Crippen LogP contribution in [0.1, 0.15) is 26.7 Å². The molecule has 0 fully saturated rings. The van der Waals surface area contributed by atoms with Gasteiger partial charge in [0.1, 0.15) is 17.6 Å². The Bertz CT molecular complexity index is 231. The van der Waals surface area contributed by atoms with E-state index in [-0.39, 0.29) is 18.0 Å². The molecule has 0 spiro atoms. The second-order valence-corrected chi connectivity index (χ2v) is 4.29. The minimum atomic E-state index is -0.913. The van der Waals surface area contributed by atoms with Crippen molar-refractivity contribution in [3.8, 4) is 0 Å². The van der Waals surface area contributed by atoms with Crippen LogP contribution in [0.25, 0.3) is 0 Å². The van der Waals surface area contributed by atoms with Gasteiger partial charge in [-0.2, -0.15) is 11.8 Å². The first-order valence-corrected chi connectivity index (χ1v) is 6.16. The van der Waals surface area contributed by atoms with Crippen molar-refractivity contribution in [2.24, 2.45) is 5.73 Å². The zero-order chi connectivity index (χ0) is 13.1. The molecule has 94 valence electrons. The van der Waals surface area contributed by atoms with Gasteiger partial charge in [-0.1, -0.05) is 0 Å². The van der Waals surface area contributed by atoms with Gasteiger partial charge in [0.05, 0.1) is 6.42 Å². The Kier molecular flexibility index (Phi) is 11.6. The lowest BCUT2D eigenvalue weighted by atomic mass is 10.2. The standard InChI is InChI=1S/C5H11NO2S.C5H8O2/c1-9-3-2-4(6)5(7)8;1-4(6)3-5(2)7/h4H,2-3,6H2,1H3,(H,7,8);3H2,1-2H3. The number of nitrogens with two attached hydrogens (primary N) is 1. The third-order valence-corrected chi connectivity index (χ3v) is 2.09. The third kappa shape index (κ3) is 15.6. The van der Waals surface area contributed by atoms with Crippen molar-refractivity contribution < 1.29 is 19.5 Å². The van der Waals surface area contributed by atoms with Gasteiger partial charge in [0, 0.05) is 0 Å². The van der Waals surface area contributed by atoms with Gasteiger partial charge in [-0.05, 0) is 32.3 Å². The molecular formula is C10H19NO4S. The number of hydrogen-bond acceptors (Lipinski definition) is 5. The Labute approximate surface area is 99.8 Å². The SMILES string of the molecule is CC(=O)CC(C)=O.CSCCC(N)C(=O)O. The maximum absolute atomic E-state index is 10.1. The van der Waals surface area contributed by atoms with Crippen molar-refractivity contribution >= 4 is 29.3 Å². The molecule has 0 heterocycles. The number of ketones is 2. The number of carboxylic acids is 1. The Hall–Kier alpha value is -0.880. The molecule has 6 heteroatoms. The molecule has 1 unspecified atom stereocenters. The highest BCUT2D eigenvalue weighted by Gasteiger charge is 2.08. The van der Waals surface area contributed by atoms with Crippen LogP contribution < -0.4 is 5.73 Å². The van der Waals surface area contributed by atoms with Crippen molar-refractivity contribution in [3.63, 3.8) is 0 Å². The van der Waals surface area contributed by atoms with E-state index >= 15 is 0 Å². The van der Waals surface area contributed by atoms with Crippen LogP contribution in [0.4, 0.5) is 0 Å². The van der Waals surface area contributed by atoms with E-state index in [1.807, 2.05) is 6.26 Å². The summed E-state index contributed by atoms with van der Waals surface area (Å²) in [5.74, 6) is -0.225. The van der Waals surface area contributed by atoms with E-state index in [1.165, 1.54) is 13.8 Å². The van der Waals surface area contributed by atoms with Crippen LogP contribution in [0.5, 0.6) is 0 Å². The second kappa shape index (κ2) is 10.6. The number of rotatable bonds is 6. The quantitative estimate of drug-likeness (QED) is 0.673. The average Bonchev–Trinajstić information content (AvgIpc) is 2.12. The minimum Gasteiger partial charge on any atom is -0.480 e. The van der Waals surface area contributed by atoms with E-state index in [0.29, 0.717) is 6.42 Å². The smallest absolute Gasteiger partial charge is 0.320 e. The van der Waals surface area contributed by atoms with Gasteiger partial charge in [0.2, 0.25) is 0 Å². The minimum absolute atomic E-state index is 0.0625. The molecule has 0 aromatic carbocycles. The van der Waals surface area contributed by atoms with Crippen LogP contribution in [0.2, 0.25) is 0 Å². The summed E-state index contributed by atoms with van der Waals surface area (Å²) < 4.78 is 0. The van der Waals surface area contributed by atoms with Crippen LogP contribution in [0.3, 0.4) is 0 Å². The largest absolute Gasteiger partial charge is 0.480 e. The molecule has 0 radical (unpaired) electrons. The number of carbonyl (C=O) groups excluding carboxylic acids is 2. The third-order valence-electron chi connectivity index (χ3n) is 1.45. The summed E-state index contributed by atoms with van der Waals surface area (Å²) in [5, 5.41) is 8.27. The molecule has 0 saturated heterocycles. The Morgan fingerprint density at radius 1 is 1.25 bits per heavy atom. The Morgan fingerprint density at radius 2 is 1.69 bits per heavy atom. The molecule has 0 aliphatic carbocycles. The molecule has 0 bridgehead atoms. The first-order valence-electron chi connectivity index (χ1n) is 4.77. The first-order chi connectivity index (χ1) is 7.31. The maximum atomic E-state index is 10.1. The van der Waals surface area contributed by atoms with E-state index < -0.39 is 12.0 Å². The van der Waals surface area contributed by atoms with Gasteiger partial charge < -0.3 is 10.8 Å². The van der Waals surface area contributed by atoms with E-state index in [9.17, 15) is 14.4 Å². The summed E-state index contributed by atoms with van der Waals surface area (Å²) in [4.78, 5) is 30.1. The monoisotopic (exact) mass is 249 g/mol. The van der Waals surface area contributed by atoms with Crippen LogP contribution in [0.15, 0.2) is 0 Å². The molecule has 16 heavy (non-hydrogen) atoms. The number of carbonyl (C=O) groups is 3. The fourth-order valence-electron chi connectivity index (χ4n) is 0.719. The summed E-state index contributed by atoms with van der Waals surface area (Å²) in [5.41, 5.74) is 5.19. The predicted octanol–water partition coefficient (Wildman–Crippen LogP) is 0.706. The van der Waals surface area contributed by atoms with Crippen molar-refractivity contribution in [2.45, 2.75) is 32.7 Å². The van der Waals surface area contributed by atoms with Crippen LogP contribution in [0, 0.1) is 0 Å². The maximum Gasteiger partial charge on any atom is 0.320 e. The zero-order valence-corrected chi connectivity index (χ0v) is 10.7. The van der Waals surface area contributed by atoms with Gasteiger partial charge in [0.15, 0.2) is 0 Å². The molecule has 0 aliphatic heterocycles. The average molecular weight is 249 g/mol. The topological polar surface area (TPSA) is 97.5 Å². The Morgan fingerprint density at radius 3 is 1.88 bits per heavy atom. The molecule has 0 amide bonds. The lowest BCUT2D eigenvalue weighted by Gasteiger charge is -2.02. The number of thioether (sulfide) groups is 1. The highest BCUT2D eigenvalue weighted by atomic mass is 32.2. The molecule has 5 nitrogen and oxygen atoms in total. The van der Waals surface area contributed by atoms with Gasteiger partial charge >= 0.3 is 5.97 Å². The van der Waals surface area contributed by atoms with Crippen molar-refractivity contribution in [1.29, 1.82) is 0 Å². The van der Waals surface area contributed by atoms with Crippen molar-refractivity contribution in [1.82, 2.24) is 0 Å². The highest BCUT2D eigenvalue weighted by molar-refractivity contribution is 7.98. The van der Waals surface area contributed by atoms with Gasteiger partial charge in [-0.25, -0.2) is 0 Å². The predicted molar refractivity (Wildman–Crippen MR) is 64.6 cm³/mol. The second-order valence-electron chi connectivity index (χ2n) is 3.31. The van der Waals surface area contributed by atoms with Crippen LogP contribution >= 0.6 is 11.8 Å². The summed E-state index contributed by atoms with van der Waals surface area (Å²) in [6, 6.07) is -0.683.